The number of allylic oxidation sites excluding steroid dienone is 1. The third kappa shape index (κ3) is 7.34. The van der Waals surface area contributed by atoms with Crippen LogP contribution in [0.3, 0.4) is 0 Å². The molecule has 0 heterocycles. The number of halogens is 3. The van der Waals surface area contributed by atoms with E-state index >= 15 is 0 Å². The zero-order valence-corrected chi connectivity index (χ0v) is 20.1. The number of carbonyl (C=O) groups excluding carboxylic acids is 1. The Morgan fingerprint density at radius 1 is 1.26 bits per heavy atom. The van der Waals surface area contributed by atoms with Crippen molar-refractivity contribution in [1.82, 2.24) is 4.90 Å². The minimum Gasteiger partial charge on any atom is -0.464 e. The number of alkyl halides is 3. The number of ether oxygens (including phenoxy) is 2. The summed E-state index contributed by atoms with van der Waals surface area (Å²) in [6.45, 7) is 8.53. The van der Waals surface area contributed by atoms with E-state index in [4.69, 9.17) is 4.74 Å². The first-order chi connectivity index (χ1) is 16.4. The largest absolute Gasteiger partial charge is 0.573 e. The molecule has 0 radical (unpaired) electrons. The van der Waals surface area contributed by atoms with Gasteiger partial charge in [-0.25, -0.2) is 0 Å². The van der Waals surface area contributed by atoms with Crippen molar-refractivity contribution in [3.8, 4) is 22.6 Å². The monoisotopic (exact) mass is 493 g/mol. The van der Waals surface area contributed by atoms with E-state index < -0.39 is 19.1 Å². The summed E-state index contributed by atoms with van der Waals surface area (Å²) in [5.74, 6) is -0.419. The van der Waals surface area contributed by atoms with E-state index in [1.54, 1.807) is 26.3 Å². The lowest BCUT2D eigenvalue weighted by molar-refractivity contribution is -0.274. The van der Waals surface area contributed by atoms with E-state index in [1.165, 1.54) is 29.2 Å². The summed E-state index contributed by atoms with van der Waals surface area (Å²) in [7, 11) is 1.56. The van der Waals surface area contributed by atoms with E-state index in [2.05, 4.69) is 11.3 Å². The molecule has 0 fully saturated rings. The minimum absolute atomic E-state index is 0.0621. The molecule has 0 aliphatic rings. The maximum atomic E-state index is 12.6. The molecular weight excluding hydrogens is 463 g/mol. The quantitative estimate of drug-likeness (QED) is 0.341. The maximum absolute atomic E-state index is 12.6. The van der Waals surface area contributed by atoms with Gasteiger partial charge >= 0.3 is 6.36 Å². The zero-order chi connectivity index (χ0) is 26.3. The molecule has 2 rings (SSSR count). The van der Waals surface area contributed by atoms with Crippen LogP contribution in [0.2, 0.25) is 0 Å². The first-order valence-corrected chi connectivity index (χ1v) is 10.9. The smallest absolute Gasteiger partial charge is 0.464 e. The molecule has 35 heavy (non-hydrogen) atoms. The highest BCUT2D eigenvalue weighted by Crippen LogP contribution is 2.40. The van der Waals surface area contributed by atoms with Crippen molar-refractivity contribution in [2.75, 3.05) is 13.7 Å². The Labute approximate surface area is 202 Å². The molecule has 1 amide bonds. The summed E-state index contributed by atoms with van der Waals surface area (Å²) < 4.78 is 47.6. The van der Waals surface area contributed by atoms with Crippen molar-refractivity contribution in [3.63, 3.8) is 0 Å². The number of carbonyl (C=O) groups is 1. The Balaban J connectivity index is 2.72. The van der Waals surface area contributed by atoms with Crippen LogP contribution in [0, 0.1) is 6.92 Å². The van der Waals surface area contributed by atoms with Crippen LogP contribution in [0.5, 0.6) is 11.5 Å². The SMILES string of the molecule is C=CC(=O)N(C)Cc1cc(-c2ccc(OC(F)(F)F)cc2)c(C)c(O/C=C(\C)CC)c1C(O)CO. The average Bonchev–Trinajstić information content (AvgIpc) is 2.82. The van der Waals surface area contributed by atoms with E-state index in [9.17, 15) is 28.2 Å². The highest BCUT2D eigenvalue weighted by atomic mass is 19.4. The van der Waals surface area contributed by atoms with Crippen LogP contribution in [-0.2, 0) is 11.3 Å². The molecular formula is C26H30F3NO5. The fraction of sp³-hybridized carbons (Fsp3) is 0.346. The summed E-state index contributed by atoms with van der Waals surface area (Å²) in [5, 5.41) is 20.4. The number of aliphatic hydroxyl groups excluding tert-OH is 2. The molecule has 0 spiro atoms. The highest BCUT2D eigenvalue weighted by Gasteiger charge is 2.31. The Morgan fingerprint density at radius 2 is 1.89 bits per heavy atom. The van der Waals surface area contributed by atoms with Crippen molar-refractivity contribution in [2.45, 2.75) is 46.2 Å². The molecule has 1 atom stereocenters. The Kier molecular flexibility index (Phi) is 9.50. The van der Waals surface area contributed by atoms with Crippen molar-refractivity contribution in [2.24, 2.45) is 0 Å². The molecule has 2 aromatic carbocycles. The van der Waals surface area contributed by atoms with E-state index in [0.717, 1.165) is 18.1 Å². The summed E-state index contributed by atoms with van der Waals surface area (Å²) >= 11 is 0. The van der Waals surface area contributed by atoms with Gasteiger partial charge in [0.15, 0.2) is 0 Å². The summed E-state index contributed by atoms with van der Waals surface area (Å²) in [6.07, 6.45) is -2.68. The van der Waals surface area contributed by atoms with Crippen molar-refractivity contribution < 1.29 is 37.7 Å². The molecule has 0 saturated carbocycles. The minimum atomic E-state index is -4.81. The molecule has 2 N–H and O–H groups in total. The summed E-state index contributed by atoms with van der Waals surface area (Å²) in [4.78, 5) is 13.5. The lowest BCUT2D eigenvalue weighted by Crippen LogP contribution is -2.25. The normalized spacial score (nSPS) is 12.8. The summed E-state index contributed by atoms with van der Waals surface area (Å²) in [6, 6.07) is 7.08. The summed E-state index contributed by atoms with van der Waals surface area (Å²) in [5.41, 5.74) is 3.52. The van der Waals surface area contributed by atoms with Gasteiger partial charge in [0.05, 0.1) is 12.9 Å². The van der Waals surface area contributed by atoms with Gasteiger partial charge in [0.1, 0.15) is 17.6 Å². The Morgan fingerprint density at radius 3 is 2.40 bits per heavy atom. The van der Waals surface area contributed by atoms with Gasteiger partial charge in [0.25, 0.3) is 0 Å². The van der Waals surface area contributed by atoms with Gasteiger partial charge in [-0.15, -0.1) is 13.2 Å². The fourth-order valence-corrected chi connectivity index (χ4v) is 3.44. The number of likely N-dealkylation sites (N-methyl/N-ethyl adjacent to an activating group) is 1. The van der Waals surface area contributed by atoms with Crippen LogP contribution in [0.25, 0.3) is 11.1 Å². The molecule has 0 bridgehead atoms. The van der Waals surface area contributed by atoms with Gasteiger partial charge in [-0.2, -0.15) is 0 Å². The predicted molar refractivity (Wildman–Crippen MR) is 127 cm³/mol. The van der Waals surface area contributed by atoms with Crippen LogP contribution < -0.4 is 9.47 Å². The number of rotatable bonds is 10. The lowest BCUT2D eigenvalue weighted by atomic mass is 9.90. The van der Waals surface area contributed by atoms with Gasteiger partial charge in [0.2, 0.25) is 5.91 Å². The van der Waals surface area contributed by atoms with Crippen LogP contribution in [0.15, 0.2) is 54.8 Å². The van der Waals surface area contributed by atoms with Crippen molar-refractivity contribution in [3.05, 3.63) is 71.5 Å². The molecule has 0 aliphatic heterocycles. The van der Waals surface area contributed by atoms with Crippen LogP contribution in [-0.4, -0.2) is 41.0 Å². The molecule has 9 heteroatoms. The van der Waals surface area contributed by atoms with E-state index in [0.29, 0.717) is 33.6 Å². The van der Waals surface area contributed by atoms with Gasteiger partial charge in [-0.05, 0) is 72.4 Å². The lowest BCUT2D eigenvalue weighted by Gasteiger charge is -2.25. The molecule has 0 aliphatic carbocycles. The second kappa shape index (κ2) is 11.9. The number of hydrogen-bond acceptors (Lipinski definition) is 5. The molecule has 6 nitrogen and oxygen atoms in total. The zero-order valence-electron chi connectivity index (χ0n) is 20.1. The number of amides is 1. The molecule has 1 unspecified atom stereocenters. The molecule has 0 saturated heterocycles. The second-order valence-corrected chi connectivity index (χ2v) is 8.06. The predicted octanol–water partition coefficient (Wildman–Crippen LogP) is 5.42. The van der Waals surface area contributed by atoms with E-state index in [-0.39, 0.29) is 18.2 Å². The van der Waals surface area contributed by atoms with Crippen molar-refractivity contribution in [1.29, 1.82) is 0 Å². The highest BCUT2D eigenvalue weighted by molar-refractivity contribution is 5.86. The topological polar surface area (TPSA) is 79.2 Å². The number of benzene rings is 2. The standard InChI is InChI=1S/C26H30F3NO5/c1-6-16(3)15-34-25-17(4)21(18-8-10-20(11-9-18)35-26(27,28)29)12-19(24(25)22(32)14-31)13-30(5)23(33)7-2/h7-12,15,22,31-32H,2,6,13-14H2,1,3-5H3/b16-15+. The third-order valence-electron chi connectivity index (χ3n) is 5.45. The van der Waals surface area contributed by atoms with E-state index in [1.807, 2.05) is 13.8 Å². The number of aliphatic hydroxyl groups is 2. The third-order valence-corrected chi connectivity index (χ3v) is 5.45. The average molecular weight is 494 g/mol. The van der Waals surface area contributed by atoms with Gasteiger partial charge in [0, 0.05) is 19.2 Å². The van der Waals surface area contributed by atoms with Crippen molar-refractivity contribution >= 4 is 5.91 Å². The van der Waals surface area contributed by atoms with Crippen LogP contribution in [0.1, 0.15) is 43.1 Å². The number of nitrogens with zero attached hydrogens (tertiary/aromatic N) is 1. The molecule has 0 aromatic heterocycles. The Hall–Kier alpha value is -3.30. The molecule has 2 aromatic rings. The second-order valence-electron chi connectivity index (χ2n) is 8.06. The van der Waals surface area contributed by atoms with Crippen LogP contribution in [0.4, 0.5) is 13.2 Å². The maximum Gasteiger partial charge on any atom is 0.573 e. The Bertz CT molecular complexity index is 1080. The molecule has 190 valence electrons. The number of hydrogen-bond donors (Lipinski definition) is 2. The fourth-order valence-electron chi connectivity index (χ4n) is 3.44. The van der Waals surface area contributed by atoms with Gasteiger partial charge in [-0.1, -0.05) is 25.6 Å². The first-order valence-electron chi connectivity index (χ1n) is 10.9. The van der Waals surface area contributed by atoms with Gasteiger partial charge in [-0.3, -0.25) is 4.79 Å². The van der Waals surface area contributed by atoms with Crippen LogP contribution >= 0.6 is 0 Å². The first kappa shape index (κ1) is 27.9. The van der Waals surface area contributed by atoms with Gasteiger partial charge < -0.3 is 24.6 Å².